The summed E-state index contributed by atoms with van der Waals surface area (Å²) in [5.74, 6) is 2.53. The zero-order chi connectivity index (χ0) is 24.5. The predicted molar refractivity (Wildman–Crippen MR) is 141 cm³/mol. The molecule has 0 spiro atoms. The number of methoxy groups -OCH3 is 1. The van der Waals surface area contributed by atoms with Gasteiger partial charge in [-0.1, -0.05) is 41.9 Å². The maximum atomic E-state index is 6.48. The highest BCUT2D eigenvalue weighted by Crippen LogP contribution is 2.47. The lowest BCUT2D eigenvalue weighted by Gasteiger charge is -2.38. The monoisotopic (exact) mass is 496 g/mol. The van der Waals surface area contributed by atoms with E-state index >= 15 is 0 Å². The Labute approximate surface area is 215 Å². The van der Waals surface area contributed by atoms with E-state index < -0.39 is 0 Å². The summed E-state index contributed by atoms with van der Waals surface area (Å²) in [6, 6.07) is 32.1. The first kappa shape index (κ1) is 22.5. The molecule has 0 bridgehead atoms. The highest BCUT2D eigenvalue weighted by molar-refractivity contribution is 6.30. The van der Waals surface area contributed by atoms with Gasteiger partial charge in [-0.25, -0.2) is 5.01 Å². The molecule has 0 fully saturated rings. The largest absolute Gasteiger partial charge is 0.497 e. The second kappa shape index (κ2) is 9.59. The van der Waals surface area contributed by atoms with Crippen molar-refractivity contribution in [3.05, 3.63) is 124 Å². The number of benzene rings is 4. The fraction of sp³-hybridized carbons (Fsp3) is 0.167. The van der Waals surface area contributed by atoms with E-state index in [1.807, 2.05) is 72.8 Å². The third kappa shape index (κ3) is 4.38. The van der Waals surface area contributed by atoms with Gasteiger partial charge >= 0.3 is 0 Å². The average molecular weight is 497 g/mol. The van der Waals surface area contributed by atoms with Gasteiger partial charge in [0.2, 0.25) is 6.23 Å². The van der Waals surface area contributed by atoms with Crippen LogP contribution in [0.1, 0.15) is 40.9 Å². The Balaban J connectivity index is 1.25. The van der Waals surface area contributed by atoms with Gasteiger partial charge in [-0.2, -0.15) is 5.10 Å². The van der Waals surface area contributed by atoms with Gasteiger partial charge in [0.1, 0.15) is 23.9 Å². The van der Waals surface area contributed by atoms with Gasteiger partial charge in [0, 0.05) is 22.6 Å². The van der Waals surface area contributed by atoms with Crippen molar-refractivity contribution in [2.45, 2.75) is 25.3 Å². The maximum absolute atomic E-state index is 6.48. The third-order valence-electron chi connectivity index (χ3n) is 6.61. The number of nitrogens with zero attached hydrogens (tertiary/aromatic N) is 2. The molecule has 0 aromatic heterocycles. The highest BCUT2D eigenvalue weighted by atomic mass is 35.5. The quantitative estimate of drug-likeness (QED) is 0.284. The summed E-state index contributed by atoms with van der Waals surface area (Å²) < 4.78 is 17.8. The van der Waals surface area contributed by atoms with Crippen molar-refractivity contribution in [1.82, 2.24) is 5.01 Å². The van der Waals surface area contributed by atoms with Crippen LogP contribution in [0.5, 0.6) is 17.2 Å². The second-order valence-electron chi connectivity index (χ2n) is 8.87. The van der Waals surface area contributed by atoms with Crippen LogP contribution >= 0.6 is 11.6 Å². The number of ether oxygens (including phenoxy) is 3. The SMILES string of the molecule is COc1ccc(C2=NN3[C@H](C2)c2ccccc2O[C@H]3c2ccc(OCc3ccc(Cl)cc3)cc2)cc1. The van der Waals surface area contributed by atoms with Gasteiger partial charge in [-0.05, 0) is 77.9 Å². The van der Waals surface area contributed by atoms with Crippen molar-refractivity contribution in [2.24, 2.45) is 5.10 Å². The van der Waals surface area contributed by atoms with Crippen molar-refractivity contribution in [2.75, 3.05) is 7.11 Å². The summed E-state index contributed by atoms with van der Waals surface area (Å²) in [5, 5.41) is 7.85. The Morgan fingerprint density at radius 3 is 2.36 bits per heavy atom. The van der Waals surface area contributed by atoms with Crippen LogP contribution in [-0.2, 0) is 6.61 Å². The van der Waals surface area contributed by atoms with E-state index in [0.717, 1.165) is 56.7 Å². The van der Waals surface area contributed by atoms with Gasteiger partial charge in [0.05, 0.1) is 18.9 Å². The molecule has 0 aliphatic carbocycles. The molecule has 0 unspecified atom stereocenters. The number of hydrazone groups is 1. The molecule has 4 aromatic carbocycles. The average Bonchev–Trinajstić information content (AvgIpc) is 3.39. The lowest BCUT2D eigenvalue weighted by atomic mass is 9.96. The summed E-state index contributed by atoms with van der Waals surface area (Å²) in [4.78, 5) is 0. The van der Waals surface area contributed by atoms with Crippen LogP contribution < -0.4 is 14.2 Å². The van der Waals surface area contributed by atoms with Gasteiger partial charge in [-0.15, -0.1) is 0 Å². The maximum Gasteiger partial charge on any atom is 0.213 e. The summed E-state index contributed by atoms with van der Waals surface area (Å²) in [5.41, 5.74) is 5.37. The van der Waals surface area contributed by atoms with Crippen molar-refractivity contribution in [1.29, 1.82) is 0 Å². The number of hydrogen-bond acceptors (Lipinski definition) is 5. The molecular weight excluding hydrogens is 472 g/mol. The van der Waals surface area contributed by atoms with Crippen LogP contribution in [0, 0.1) is 0 Å². The third-order valence-corrected chi connectivity index (χ3v) is 6.86. The number of para-hydroxylation sites is 1. The molecule has 36 heavy (non-hydrogen) atoms. The minimum Gasteiger partial charge on any atom is -0.497 e. The van der Waals surface area contributed by atoms with E-state index in [1.165, 1.54) is 0 Å². The number of rotatable bonds is 6. The Morgan fingerprint density at radius 2 is 1.61 bits per heavy atom. The van der Waals surface area contributed by atoms with E-state index in [1.54, 1.807) is 7.11 Å². The normalized spacial score (nSPS) is 18.1. The molecule has 5 nitrogen and oxygen atoms in total. The minimum absolute atomic E-state index is 0.109. The van der Waals surface area contributed by atoms with E-state index in [9.17, 15) is 0 Å². The van der Waals surface area contributed by atoms with E-state index in [2.05, 4.69) is 29.3 Å². The van der Waals surface area contributed by atoms with E-state index in [-0.39, 0.29) is 12.3 Å². The fourth-order valence-corrected chi connectivity index (χ4v) is 4.81. The summed E-state index contributed by atoms with van der Waals surface area (Å²) in [7, 11) is 1.68. The van der Waals surface area contributed by atoms with Gasteiger partial charge in [-0.3, -0.25) is 0 Å². The molecular formula is C30H25ClN2O3. The topological polar surface area (TPSA) is 43.3 Å². The Bertz CT molecular complexity index is 1390. The number of fused-ring (bicyclic) bond motifs is 3. The molecule has 6 rings (SSSR count). The van der Waals surface area contributed by atoms with Crippen molar-refractivity contribution < 1.29 is 14.2 Å². The molecule has 2 heterocycles. The number of halogens is 1. The Hall–Kier alpha value is -3.96. The van der Waals surface area contributed by atoms with Crippen LogP contribution in [0.25, 0.3) is 0 Å². The lowest BCUT2D eigenvalue weighted by Crippen LogP contribution is -2.33. The van der Waals surface area contributed by atoms with Crippen LogP contribution in [0.15, 0.2) is 102 Å². The molecule has 2 atom stereocenters. The van der Waals surface area contributed by atoms with Gasteiger partial charge in [0.15, 0.2) is 0 Å². The summed E-state index contributed by atoms with van der Waals surface area (Å²) in [6.07, 6.45) is 0.483. The second-order valence-corrected chi connectivity index (χ2v) is 9.30. The highest BCUT2D eigenvalue weighted by Gasteiger charge is 2.40. The van der Waals surface area contributed by atoms with Gasteiger partial charge in [0.25, 0.3) is 0 Å². The molecule has 0 saturated carbocycles. The molecule has 180 valence electrons. The molecule has 0 saturated heterocycles. The standard InChI is InChI=1S/C30H25ClN2O3/c1-34-24-14-8-21(9-15-24)27-18-28-26-4-2-3-5-29(26)36-30(33(28)32-27)22-10-16-25(17-11-22)35-19-20-6-12-23(31)13-7-20/h2-17,28,30H,18-19H2,1H3/t28-,30+/m1/s1. The van der Waals surface area contributed by atoms with Crippen LogP contribution in [0.4, 0.5) is 0 Å². The zero-order valence-electron chi connectivity index (χ0n) is 19.8. The van der Waals surface area contributed by atoms with E-state index in [0.29, 0.717) is 6.61 Å². The first-order valence-electron chi connectivity index (χ1n) is 11.9. The van der Waals surface area contributed by atoms with Gasteiger partial charge < -0.3 is 14.2 Å². The first-order valence-corrected chi connectivity index (χ1v) is 12.3. The van der Waals surface area contributed by atoms with Crippen molar-refractivity contribution >= 4 is 17.3 Å². The predicted octanol–water partition coefficient (Wildman–Crippen LogP) is 7.17. The Kier molecular flexibility index (Phi) is 5.99. The molecule has 0 radical (unpaired) electrons. The zero-order valence-corrected chi connectivity index (χ0v) is 20.6. The van der Waals surface area contributed by atoms with Crippen LogP contribution in [0.2, 0.25) is 5.02 Å². The summed E-state index contributed by atoms with van der Waals surface area (Å²) in [6.45, 7) is 0.480. The molecule has 2 aliphatic rings. The number of hydrogen-bond donors (Lipinski definition) is 0. The lowest BCUT2D eigenvalue weighted by molar-refractivity contribution is -0.0190. The van der Waals surface area contributed by atoms with Crippen LogP contribution in [0.3, 0.4) is 0 Å². The smallest absolute Gasteiger partial charge is 0.213 e. The molecule has 0 N–H and O–H groups in total. The van der Waals surface area contributed by atoms with Crippen molar-refractivity contribution in [3.8, 4) is 17.2 Å². The fourth-order valence-electron chi connectivity index (χ4n) is 4.69. The van der Waals surface area contributed by atoms with Crippen LogP contribution in [-0.4, -0.2) is 17.8 Å². The molecule has 4 aromatic rings. The molecule has 0 amide bonds. The minimum atomic E-state index is -0.328. The van der Waals surface area contributed by atoms with Crippen molar-refractivity contribution in [3.63, 3.8) is 0 Å². The summed E-state index contributed by atoms with van der Waals surface area (Å²) >= 11 is 5.98. The molecule has 6 heteroatoms. The molecule has 2 aliphatic heterocycles. The Morgan fingerprint density at radius 1 is 0.889 bits per heavy atom. The first-order chi connectivity index (χ1) is 17.7. The van der Waals surface area contributed by atoms with E-state index in [4.69, 9.17) is 30.9 Å².